The summed E-state index contributed by atoms with van der Waals surface area (Å²) in [6.45, 7) is 6.34. The summed E-state index contributed by atoms with van der Waals surface area (Å²) in [5.41, 5.74) is 1.86. The van der Waals surface area contributed by atoms with Crippen LogP contribution < -0.4 is 15.4 Å². The molecule has 0 unspecified atom stereocenters. The molecule has 0 radical (unpaired) electrons. The number of hydrogen-bond donors (Lipinski definition) is 3. The number of amides is 3. The van der Waals surface area contributed by atoms with Gasteiger partial charge in [-0.15, -0.1) is 0 Å². The first-order chi connectivity index (χ1) is 16.1. The number of pyridine rings is 1. The molecule has 4 rings (SSSR count). The van der Waals surface area contributed by atoms with Gasteiger partial charge in [-0.25, -0.2) is 13.2 Å². The number of carbonyl (C=O) groups is 2. The van der Waals surface area contributed by atoms with Gasteiger partial charge < -0.3 is 15.5 Å². The predicted molar refractivity (Wildman–Crippen MR) is 130 cm³/mol. The number of fused-ring (bicyclic) bond motifs is 1. The lowest BCUT2D eigenvalue weighted by molar-refractivity contribution is 0.0577. The number of carbonyl (C=O) groups excluding carboxylic acids is 2. The maximum absolute atomic E-state index is 13.1. The van der Waals surface area contributed by atoms with E-state index in [0.29, 0.717) is 35.4 Å². The van der Waals surface area contributed by atoms with Gasteiger partial charge in [-0.1, -0.05) is 18.2 Å². The molecule has 0 bridgehead atoms. The fourth-order valence-electron chi connectivity index (χ4n) is 3.81. The molecule has 2 aromatic carbocycles. The monoisotopic (exact) mass is 481 g/mol. The van der Waals surface area contributed by atoms with Crippen LogP contribution in [0.4, 0.5) is 10.5 Å². The van der Waals surface area contributed by atoms with Crippen LogP contribution in [0.2, 0.25) is 0 Å². The Morgan fingerprint density at radius 3 is 2.53 bits per heavy atom. The van der Waals surface area contributed by atoms with Gasteiger partial charge in [-0.3, -0.25) is 14.5 Å². The van der Waals surface area contributed by atoms with Crippen LogP contribution >= 0.6 is 0 Å². The van der Waals surface area contributed by atoms with Crippen LogP contribution in [0.3, 0.4) is 0 Å². The molecule has 3 aromatic rings. The Bertz CT molecular complexity index is 1350. The number of rotatable bonds is 6. The smallest absolute Gasteiger partial charge is 0.315 e. The molecule has 34 heavy (non-hydrogen) atoms. The number of aryl methyl sites for hydroxylation is 1. The number of hydrogen-bond acceptors (Lipinski definition) is 5. The summed E-state index contributed by atoms with van der Waals surface area (Å²) in [5.74, 6) is -0.168. The van der Waals surface area contributed by atoms with Crippen LogP contribution in [0.1, 0.15) is 29.8 Å². The standard InChI is InChI=1S/C24H27N5O4S/c1-15(2)26-24(31)27-19-13-29(14-19)23(30)18-9-10-20(16(3)12-18)28-34(32,33)21-8-4-6-17-7-5-11-25-22(17)21/h4-12,15,19,28H,13-14H2,1-3H3,(H2,26,27,31). The Kier molecular flexibility index (Phi) is 6.43. The number of nitrogens with one attached hydrogen (secondary N) is 3. The third-order valence-corrected chi connectivity index (χ3v) is 6.92. The van der Waals surface area contributed by atoms with Crippen molar-refractivity contribution in [3.05, 3.63) is 65.9 Å². The van der Waals surface area contributed by atoms with Crippen molar-refractivity contribution >= 4 is 38.6 Å². The largest absolute Gasteiger partial charge is 0.336 e. The molecule has 1 aromatic heterocycles. The van der Waals surface area contributed by atoms with Crippen LogP contribution in [0.25, 0.3) is 10.9 Å². The normalized spacial score (nSPS) is 14.1. The van der Waals surface area contributed by atoms with Crippen LogP contribution in [0, 0.1) is 6.92 Å². The summed E-state index contributed by atoms with van der Waals surface area (Å²) in [4.78, 5) is 30.5. The first-order valence-electron chi connectivity index (χ1n) is 11.0. The SMILES string of the molecule is Cc1cc(C(=O)N2CC(NC(=O)NC(C)C)C2)ccc1NS(=O)(=O)c1cccc2cccnc12. The number of para-hydroxylation sites is 1. The van der Waals surface area contributed by atoms with Gasteiger partial charge in [-0.05, 0) is 56.7 Å². The molecule has 1 saturated heterocycles. The van der Waals surface area contributed by atoms with Gasteiger partial charge in [0.2, 0.25) is 0 Å². The molecule has 3 N–H and O–H groups in total. The van der Waals surface area contributed by atoms with Crippen LogP contribution in [-0.4, -0.2) is 55.4 Å². The fourth-order valence-corrected chi connectivity index (χ4v) is 5.12. The third-order valence-electron chi connectivity index (χ3n) is 5.53. The number of aromatic nitrogens is 1. The number of nitrogens with zero attached hydrogens (tertiary/aromatic N) is 2. The molecule has 1 aliphatic heterocycles. The fraction of sp³-hybridized carbons (Fsp3) is 0.292. The van der Waals surface area contributed by atoms with E-state index in [9.17, 15) is 18.0 Å². The third kappa shape index (κ3) is 4.96. The van der Waals surface area contributed by atoms with Crippen LogP contribution in [0.5, 0.6) is 0 Å². The first-order valence-corrected chi connectivity index (χ1v) is 12.5. The molecule has 2 heterocycles. The topological polar surface area (TPSA) is 120 Å². The highest BCUT2D eigenvalue weighted by Crippen LogP contribution is 2.26. The van der Waals surface area contributed by atoms with E-state index in [1.165, 1.54) is 6.07 Å². The van der Waals surface area contributed by atoms with Crippen molar-refractivity contribution < 1.29 is 18.0 Å². The van der Waals surface area contributed by atoms with E-state index in [1.54, 1.807) is 60.5 Å². The summed E-state index contributed by atoms with van der Waals surface area (Å²) in [7, 11) is -3.89. The number of likely N-dealkylation sites (tertiary alicyclic amines) is 1. The maximum atomic E-state index is 13.1. The van der Waals surface area contributed by atoms with E-state index in [2.05, 4.69) is 20.3 Å². The summed E-state index contributed by atoms with van der Waals surface area (Å²) in [5, 5.41) is 6.32. The molecular weight excluding hydrogens is 454 g/mol. The molecule has 1 aliphatic rings. The van der Waals surface area contributed by atoms with Crippen molar-refractivity contribution in [1.82, 2.24) is 20.5 Å². The molecule has 0 atom stereocenters. The Balaban J connectivity index is 1.43. The first kappa shape index (κ1) is 23.5. The molecule has 0 aliphatic carbocycles. The van der Waals surface area contributed by atoms with E-state index < -0.39 is 10.0 Å². The Morgan fingerprint density at radius 1 is 1.09 bits per heavy atom. The highest BCUT2D eigenvalue weighted by atomic mass is 32.2. The number of benzene rings is 2. The average Bonchev–Trinajstić information content (AvgIpc) is 2.76. The average molecular weight is 482 g/mol. The van der Waals surface area contributed by atoms with E-state index in [4.69, 9.17) is 0 Å². The maximum Gasteiger partial charge on any atom is 0.315 e. The summed E-state index contributed by atoms with van der Waals surface area (Å²) >= 11 is 0. The lowest BCUT2D eigenvalue weighted by Crippen LogP contribution is -2.62. The van der Waals surface area contributed by atoms with Crippen molar-refractivity contribution in [2.24, 2.45) is 0 Å². The summed E-state index contributed by atoms with van der Waals surface area (Å²) in [6, 6.07) is 13.1. The second-order valence-corrected chi connectivity index (χ2v) is 10.3. The predicted octanol–water partition coefficient (Wildman–Crippen LogP) is 2.88. The summed E-state index contributed by atoms with van der Waals surface area (Å²) < 4.78 is 28.8. The quantitative estimate of drug-likeness (QED) is 0.500. The Hall–Kier alpha value is -3.66. The van der Waals surface area contributed by atoms with Gasteiger partial charge >= 0.3 is 6.03 Å². The van der Waals surface area contributed by atoms with Crippen LogP contribution in [-0.2, 0) is 10.0 Å². The van der Waals surface area contributed by atoms with Gasteiger partial charge in [0.1, 0.15) is 4.90 Å². The van der Waals surface area contributed by atoms with E-state index in [-0.39, 0.29) is 28.9 Å². The molecule has 1 fully saturated rings. The van der Waals surface area contributed by atoms with Crippen molar-refractivity contribution in [2.75, 3.05) is 17.8 Å². The number of sulfonamides is 1. The molecule has 10 heteroatoms. The number of anilines is 1. The minimum absolute atomic E-state index is 0.0357. The molecular formula is C24H27N5O4S. The van der Waals surface area contributed by atoms with Gasteiger partial charge in [0.05, 0.1) is 17.2 Å². The van der Waals surface area contributed by atoms with Crippen LogP contribution in [0.15, 0.2) is 59.6 Å². The number of urea groups is 1. The van der Waals surface area contributed by atoms with Crippen molar-refractivity contribution in [3.63, 3.8) is 0 Å². The second kappa shape index (κ2) is 9.30. The summed E-state index contributed by atoms with van der Waals surface area (Å²) in [6.07, 6.45) is 1.56. The Labute approximate surface area is 198 Å². The minimum Gasteiger partial charge on any atom is -0.336 e. The van der Waals surface area contributed by atoms with E-state index >= 15 is 0 Å². The van der Waals surface area contributed by atoms with E-state index in [1.807, 2.05) is 13.8 Å². The Morgan fingerprint density at radius 2 is 1.82 bits per heavy atom. The van der Waals surface area contributed by atoms with Gasteiger partial charge in [0.25, 0.3) is 15.9 Å². The lowest BCUT2D eigenvalue weighted by atomic mass is 10.0. The van der Waals surface area contributed by atoms with Gasteiger partial charge in [-0.2, -0.15) is 0 Å². The highest BCUT2D eigenvalue weighted by molar-refractivity contribution is 7.93. The van der Waals surface area contributed by atoms with Crippen molar-refractivity contribution in [2.45, 2.75) is 37.8 Å². The highest BCUT2D eigenvalue weighted by Gasteiger charge is 2.32. The van der Waals surface area contributed by atoms with E-state index in [0.717, 1.165) is 5.39 Å². The molecule has 0 saturated carbocycles. The van der Waals surface area contributed by atoms with Crippen molar-refractivity contribution in [3.8, 4) is 0 Å². The molecule has 178 valence electrons. The van der Waals surface area contributed by atoms with Gasteiger partial charge in [0.15, 0.2) is 0 Å². The molecule has 3 amide bonds. The zero-order valence-corrected chi connectivity index (χ0v) is 20.0. The molecule has 0 spiro atoms. The van der Waals surface area contributed by atoms with Crippen molar-refractivity contribution in [1.29, 1.82) is 0 Å². The zero-order chi connectivity index (χ0) is 24.5. The van der Waals surface area contributed by atoms with Gasteiger partial charge in [0, 0.05) is 36.3 Å². The zero-order valence-electron chi connectivity index (χ0n) is 19.2. The lowest BCUT2D eigenvalue weighted by Gasteiger charge is -2.39. The molecule has 9 nitrogen and oxygen atoms in total. The second-order valence-electron chi connectivity index (χ2n) is 8.65. The minimum atomic E-state index is -3.89.